The standard InChI is InChI=1S/C11H21NO2/c1-3-9(11(13)14)12-10-7-5-4-6-8(10)2/h8-10,12H,3-7H2,1-2H3,(H,13,14). The number of hydrogen-bond donors (Lipinski definition) is 2. The van der Waals surface area contributed by atoms with Crippen LogP contribution in [-0.2, 0) is 4.79 Å². The van der Waals surface area contributed by atoms with E-state index in [1.54, 1.807) is 0 Å². The average Bonchev–Trinajstić information content (AvgIpc) is 2.16. The van der Waals surface area contributed by atoms with Gasteiger partial charge in [0.1, 0.15) is 6.04 Å². The fourth-order valence-corrected chi connectivity index (χ4v) is 2.19. The highest BCUT2D eigenvalue weighted by Gasteiger charge is 2.25. The quantitative estimate of drug-likeness (QED) is 0.728. The lowest BCUT2D eigenvalue weighted by Gasteiger charge is -2.31. The molecule has 1 aliphatic carbocycles. The Morgan fingerprint density at radius 1 is 1.50 bits per heavy atom. The van der Waals surface area contributed by atoms with Crippen molar-refractivity contribution < 1.29 is 9.90 Å². The van der Waals surface area contributed by atoms with Gasteiger partial charge in [-0.3, -0.25) is 4.79 Å². The van der Waals surface area contributed by atoms with Crippen molar-refractivity contribution in [1.29, 1.82) is 0 Å². The lowest BCUT2D eigenvalue weighted by atomic mass is 9.85. The van der Waals surface area contributed by atoms with Crippen LogP contribution in [0.15, 0.2) is 0 Å². The molecule has 0 bridgehead atoms. The minimum absolute atomic E-state index is 0.361. The maximum atomic E-state index is 10.8. The van der Waals surface area contributed by atoms with E-state index >= 15 is 0 Å². The van der Waals surface area contributed by atoms with E-state index in [1.807, 2.05) is 6.92 Å². The maximum absolute atomic E-state index is 10.8. The molecule has 1 fully saturated rings. The molecule has 0 aromatic rings. The van der Waals surface area contributed by atoms with Crippen molar-refractivity contribution in [2.45, 2.75) is 58.0 Å². The molecule has 3 nitrogen and oxygen atoms in total. The van der Waals surface area contributed by atoms with Crippen LogP contribution in [0.5, 0.6) is 0 Å². The molecule has 0 spiro atoms. The fraction of sp³-hybridized carbons (Fsp3) is 0.909. The second-order valence-corrected chi connectivity index (χ2v) is 4.33. The zero-order chi connectivity index (χ0) is 10.6. The summed E-state index contributed by atoms with van der Waals surface area (Å²) in [5.74, 6) is -0.0950. The minimum atomic E-state index is -0.717. The number of rotatable bonds is 4. The Kier molecular flexibility index (Phi) is 4.39. The van der Waals surface area contributed by atoms with E-state index in [9.17, 15) is 4.79 Å². The molecule has 0 aromatic carbocycles. The number of nitrogens with one attached hydrogen (secondary N) is 1. The Hall–Kier alpha value is -0.570. The molecular weight excluding hydrogens is 178 g/mol. The van der Waals surface area contributed by atoms with Gasteiger partial charge in [0.25, 0.3) is 0 Å². The zero-order valence-corrected chi connectivity index (χ0v) is 9.12. The Balaban J connectivity index is 2.43. The van der Waals surface area contributed by atoms with Gasteiger partial charge in [-0.1, -0.05) is 26.7 Å². The molecule has 1 saturated carbocycles. The molecule has 2 N–H and O–H groups in total. The summed E-state index contributed by atoms with van der Waals surface area (Å²) >= 11 is 0. The van der Waals surface area contributed by atoms with Crippen molar-refractivity contribution >= 4 is 5.97 Å². The number of carbonyl (C=O) groups is 1. The SMILES string of the molecule is CCC(NC1CCCCC1C)C(=O)O. The van der Waals surface area contributed by atoms with Crippen molar-refractivity contribution in [2.24, 2.45) is 5.92 Å². The van der Waals surface area contributed by atoms with E-state index in [2.05, 4.69) is 12.2 Å². The highest BCUT2D eigenvalue weighted by molar-refractivity contribution is 5.73. The summed E-state index contributed by atoms with van der Waals surface area (Å²) < 4.78 is 0. The highest BCUT2D eigenvalue weighted by atomic mass is 16.4. The number of hydrogen-bond acceptors (Lipinski definition) is 2. The van der Waals surface area contributed by atoms with Gasteiger partial charge in [0.15, 0.2) is 0 Å². The van der Waals surface area contributed by atoms with Gasteiger partial charge in [0.05, 0.1) is 0 Å². The fourth-order valence-electron chi connectivity index (χ4n) is 2.19. The summed E-state index contributed by atoms with van der Waals surface area (Å²) in [7, 11) is 0. The average molecular weight is 199 g/mol. The highest BCUT2D eigenvalue weighted by Crippen LogP contribution is 2.24. The summed E-state index contributed by atoms with van der Waals surface area (Å²) in [5.41, 5.74) is 0. The second kappa shape index (κ2) is 5.35. The van der Waals surface area contributed by atoms with E-state index < -0.39 is 5.97 Å². The van der Waals surface area contributed by atoms with Crippen LogP contribution in [0.1, 0.15) is 46.0 Å². The molecular formula is C11H21NO2. The molecule has 82 valence electrons. The number of aliphatic carboxylic acids is 1. The van der Waals surface area contributed by atoms with E-state index in [4.69, 9.17) is 5.11 Å². The van der Waals surface area contributed by atoms with Gasteiger partial charge in [-0.15, -0.1) is 0 Å². The van der Waals surface area contributed by atoms with Crippen LogP contribution in [0, 0.1) is 5.92 Å². The van der Waals surface area contributed by atoms with Crippen molar-refractivity contribution in [3.05, 3.63) is 0 Å². The predicted molar refractivity (Wildman–Crippen MR) is 56.3 cm³/mol. The molecule has 1 rings (SSSR count). The summed E-state index contributed by atoms with van der Waals surface area (Å²) in [6.45, 7) is 4.13. The first kappa shape index (κ1) is 11.5. The van der Waals surface area contributed by atoms with Crippen molar-refractivity contribution in [1.82, 2.24) is 5.32 Å². The monoisotopic (exact) mass is 199 g/mol. The second-order valence-electron chi connectivity index (χ2n) is 4.33. The van der Waals surface area contributed by atoms with Crippen LogP contribution in [0.2, 0.25) is 0 Å². The molecule has 0 amide bonds. The summed E-state index contributed by atoms with van der Waals surface area (Å²) in [6, 6.07) is 0.0466. The molecule has 0 saturated heterocycles. The minimum Gasteiger partial charge on any atom is -0.480 e. The lowest BCUT2D eigenvalue weighted by molar-refractivity contribution is -0.140. The zero-order valence-electron chi connectivity index (χ0n) is 9.12. The normalized spacial score (nSPS) is 29.9. The van der Waals surface area contributed by atoms with E-state index in [-0.39, 0.29) is 6.04 Å². The van der Waals surface area contributed by atoms with Gasteiger partial charge < -0.3 is 10.4 Å². The summed E-state index contributed by atoms with van der Waals surface area (Å²) in [5, 5.41) is 12.2. The number of carboxylic acids is 1. The van der Waals surface area contributed by atoms with Gasteiger partial charge >= 0.3 is 5.97 Å². The molecule has 0 heterocycles. The van der Waals surface area contributed by atoms with Crippen LogP contribution in [-0.4, -0.2) is 23.2 Å². The van der Waals surface area contributed by atoms with Gasteiger partial charge in [-0.05, 0) is 25.2 Å². The first-order valence-corrected chi connectivity index (χ1v) is 5.64. The third kappa shape index (κ3) is 2.98. The van der Waals surface area contributed by atoms with Crippen molar-refractivity contribution in [3.63, 3.8) is 0 Å². The number of carboxylic acid groups (broad SMARTS) is 1. The molecule has 0 radical (unpaired) electrons. The van der Waals surface area contributed by atoms with E-state index in [0.717, 1.165) is 6.42 Å². The first-order valence-electron chi connectivity index (χ1n) is 5.64. The van der Waals surface area contributed by atoms with Crippen LogP contribution >= 0.6 is 0 Å². The van der Waals surface area contributed by atoms with Crippen molar-refractivity contribution in [2.75, 3.05) is 0 Å². The van der Waals surface area contributed by atoms with E-state index in [0.29, 0.717) is 18.4 Å². The molecule has 1 aliphatic rings. The van der Waals surface area contributed by atoms with Crippen LogP contribution in [0.25, 0.3) is 0 Å². The van der Waals surface area contributed by atoms with Crippen LogP contribution < -0.4 is 5.32 Å². The maximum Gasteiger partial charge on any atom is 0.320 e. The van der Waals surface area contributed by atoms with Crippen LogP contribution in [0.4, 0.5) is 0 Å². The Morgan fingerprint density at radius 2 is 2.14 bits per heavy atom. The van der Waals surface area contributed by atoms with Gasteiger partial charge in [-0.25, -0.2) is 0 Å². The Bertz CT molecular complexity index is 194. The largest absolute Gasteiger partial charge is 0.480 e. The Labute approximate surface area is 85.9 Å². The van der Waals surface area contributed by atoms with Crippen molar-refractivity contribution in [3.8, 4) is 0 Å². The molecule has 0 aliphatic heterocycles. The molecule has 3 atom stereocenters. The van der Waals surface area contributed by atoms with Gasteiger partial charge in [0.2, 0.25) is 0 Å². The molecule has 0 aromatic heterocycles. The topological polar surface area (TPSA) is 49.3 Å². The third-order valence-electron chi connectivity index (χ3n) is 3.23. The van der Waals surface area contributed by atoms with E-state index in [1.165, 1.54) is 19.3 Å². The summed E-state index contributed by atoms with van der Waals surface area (Å²) in [4.78, 5) is 10.8. The van der Waals surface area contributed by atoms with Crippen LogP contribution in [0.3, 0.4) is 0 Å². The smallest absolute Gasteiger partial charge is 0.320 e. The Morgan fingerprint density at radius 3 is 2.64 bits per heavy atom. The van der Waals surface area contributed by atoms with Gasteiger partial charge in [-0.2, -0.15) is 0 Å². The lowest BCUT2D eigenvalue weighted by Crippen LogP contribution is -2.46. The summed E-state index contributed by atoms with van der Waals surface area (Å²) in [6.07, 6.45) is 5.55. The molecule has 14 heavy (non-hydrogen) atoms. The third-order valence-corrected chi connectivity index (χ3v) is 3.23. The van der Waals surface area contributed by atoms with Gasteiger partial charge in [0, 0.05) is 6.04 Å². The predicted octanol–water partition coefficient (Wildman–Crippen LogP) is 2.02. The molecule has 3 heteroatoms. The first-order chi connectivity index (χ1) is 6.65. The molecule has 3 unspecified atom stereocenters.